The summed E-state index contributed by atoms with van der Waals surface area (Å²) >= 11 is 0. The summed E-state index contributed by atoms with van der Waals surface area (Å²) in [5.74, 6) is 0. The summed E-state index contributed by atoms with van der Waals surface area (Å²) in [6.07, 6.45) is 1.76. The first-order valence-electron chi connectivity index (χ1n) is 7.06. The van der Waals surface area contributed by atoms with Crippen molar-refractivity contribution in [1.29, 1.82) is 0 Å². The zero-order chi connectivity index (χ0) is 14.7. The molecule has 0 amide bonds. The topological polar surface area (TPSA) is 47.1 Å². The first kappa shape index (κ1) is 14.6. The van der Waals surface area contributed by atoms with E-state index >= 15 is 0 Å². The van der Waals surface area contributed by atoms with Gasteiger partial charge >= 0.3 is 0 Å². The Hall–Kier alpha value is -1.81. The molecule has 0 aliphatic heterocycles. The van der Waals surface area contributed by atoms with Crippen molar-refractivity contribution in [3.05, 3.63) is 47.3 Å². The Balaban J connectivity index is 2.16. The fourth-order valence-electron chi connectivity index (χ4n) is 2.31. The molecular formula is C16H24N4. The molecule has 4 nitrogen and oxygen atoms in total. The van der Waals surface area contributed by atoms with Crippen molar-refractivity contribution in [3.63, 3.8) is 0 Å². The lowest BCUT2D eigenvalue weighted by molar-refractivity contribution is 0.638. The van der Waals surface area contributed by atoms with Gasteiger partial charge in [0.2, 0.25) is 0 Å². The van der Waals surface area contributed by atoms with E-state index in [0.29, 0.717) is 0 Å². The van der Waals surface area contributed by atoms with Crippen LogP contribution in [-0.4, -0.2) is 23.9 Å². The van der Waals surface area contributed by atoms with E-state index in [9.17, 15) is 0 Å². The number of nitrogens with two attached hydrogens (primary N) is 1. The smallest absolute Gasteiger partial charge is 0.0624 e. The van der Waals surface area contributed by atoms with Crippen molar-refractivity contribution >= 4 is 5.69 Å². The molecule has 1 heterocycles. The van der Waals surface area contributed by atoms with E-state index in [1.165, 1.54) is 11.4 Å². The molecule has 2 rings (SSSR count). The van der Waals surface area contributed by atoms with Gasteiger partial charge < -0.3 is 10.6 Å². The molecule has 1 atom stereocenters. The largest absolute Gasteiger partial charge is 0.378 e. The molecule has 2 N–H and O–H groups in total. The first-order valence-corrected chi connectivity index (χ1v) is 7.06. The van der Waals surface area contributed by atoms with Gasteiger partial charge in [-0.3, -0.25) is 4.68 Å². The van der Waals surface area contributed by atoms with Crippen molar-refractivity contribution in [2.75, 3.05) is 19.0 Å². The van der Waals surface area contributed by atoms with Crippen molar-refractivity contribution < 1.29 is 0 Å². The molecule has 20 heavy (non-hydrogen) atoms. The van der Waals surface area contributed by atoms with E-state index in [-0.39, 0.29) is 6.04 Å². The normalized spacial score (nSPS) is 12.4. The van der Waals surface area contributed by atoms with Crippen LogP contribution in [-0.2, 0) is 19.9 Å². The SMILES string of the molecule is CCc1cc(CC(N)c2cccc(N(C)C)c2)n(C)n1. The Morgan fingerprint density at radius 1 is 1.30 bits per heavy atom. The summed E-state index contributed by atoms with van der Waals surface area (Å²) in [7, 11) is 6.07. The van der Waals surface area contributed by atoms with Gasteiger partial charge in [-0.1, -0.05) is 19.1 Å². The van der Waals surface area contributed by atoms with Crippen molar-refractivity contribution in [2.24, 2.45) is 12.8 Å². The number of hydrogen-bond donors (Lipinski definition) is 1. The molecule has 0 aliphatic rings. The Morgan fingerprint density at radius 2 is 2.05 bits per heavy atom. The molecule has 0 radical (unpaired) electrons. The Kier molecular flexibility index (Phi) is 4.45. The maximum Gasteiger partial charge on any atom is 0.0624 e. The quantitative estimate of drug-likeness (QED) is 0.908. The maximum atomic E-state index is 6.36. The minimum Gasteiger partial charge on any atom is -0.378 e. The highest BCUT2D eigenvalue weighted by Crippen LogP contribution is 2.21. The van der Waals surface area contributed by atoms with E-state index in [1.54, 1.807) is 0 Å². The van der Waals surface area contributed by atoms with Crippen molar-refractivity contribution in [1.82, 2.24) is 9.78 Å². The van der Waals surface area contributed by atoms with Crippen LogP contribution in [0.3, 0.4) is 0 Å². The van der Waals surface area contributed by atoms with E-state index in [4.69, 9.17) is 5.73 Å². The summed E-state index contributed by atoms with van der Waals surface area (Å²) in [6.45, 7) is 2.12. The van der Waals surface area contributed by atoms with Gasteiger partial charge in [-0.25, -0.2) is 0 Å². The van der Waals surface area contributed by atoms with Crippen LogP contribution in [0.4, 0.5) is 5.69 Å². The van der Waals surface area contributed by atoms with Gasteiger partial charge in [0.25, 0.3) is 0 Å². The van der Waals surface area contributed by atoms with E-state index in [1.807, 2.05) is 25.8 Å². The van der Waals surface area contributed by atoms with Gasteiger partial charge in [-0.2, -0.15) is 5.10 Å². The second-order valence-electron chi connectivity index (χ2n) is 5.40. The van der Waals surface area contributed by atoms with Crippen molar-refractivity contribution in [3.8, 4) is 0 Å². The number of anilines is 1. The molecule has 0 fully saturated rings. The van der Waals surface area contributed by atoms with Crippen LogP contribution < -0.4 is 10.6 Å². The minimum absolute atomic E-state index is 0.00462. The molecule has 0 spiro atoms. The zero-order valence-corrected chi connectivity index (χ0v) is 12.8. The Bertz CT molecular complexity index is 572. The van der Waals surface area contributed by atoms with Gasteiger partial charge in [-0.05, 0) is 30.2 Å². The van der Waals surface area contributed by atoms with Gasteiger partial charge in [-0.15, -0.1) is 0 Å². The second-order valence-corrected chi connectivity index (χ2v) is 5.40. The lowest BCUT2D eigenvalue weighted by Crippen LogP contribution is -2.16. The van der Waals surface area contributed by atoms with Crippen LogP contribution in [0.2, 0.25) is 0 Å². The average molecular weight is 272 g/mol. The van der Waals surface area contributed by atoms with Crippen LogP contribution in [0.25, 0.3) is 0 Å². The monoisotopic (exact) mass is 272 g/mol. The molecule has 0 aliphatic carbocycles. The van der Waals surface area contributed by atoms with Gasteiger partial charge in [0.1, 0.15) is 0 Å². The molecule has 0 saturated heterocycles. The molecule has 0 bridgehead atoms. The number of aromatic nitrogens is 2. The number of aryl methyl sites for hydroxylation is 2. The summed E-state index contributed by atoms with van der Waals surface area (Å²) in [4.78, 5) is 2.09. The van der Waals surface area contributed by atoms with Gasteiger partial charge in [0, 0.05) is 45.0 Å². The van der Waals surface area contributed by atoms with Gasteiger partial charge in [0.05, 0.1) is 5.69 Å². The Morgan fingerprint density at radius 3 is 2.65 bits per heavy atom. The molecule has 1 aromatic heterocycles. The summed E-state index contributed by atoms with van der Waals surface area (Å²) in [6, 6.07) is 10.5. The molecule has 2 aromatic rings. The third-order valence-corrected chi connectivity index (χ3v) is 3.63. The highest BCUT2D eigenvalue weighted by molar-refractivity contribution is 5.47. The van der Waals surface area contributed by atoms with E-state index < -0.39 is 0 Å². The molecule has 1 unspecified atom stereocenters. The lowest BCUT2D eigenvalue weighted by atomic mass is 10.0. The van der Waals surface area contributed by atoms with Crippen LogP contribution in [0.5, 0.6) is 0 Å². The molecule has 1 aromatic carbocycles. The highest BCUT2D eigenvalue weighted by atomic mass is 15.3. The van der Waals surface area contributed by atoms with E-state index in [2.05, 4.69) is 47.3 Å². The van der Waals surface area contributed by atoms with Crippen LogP contribution in [0, 0.1) is 0 Å². The molecule has 0 saturated carbocycles. The number of hydrogen-bond acceptors (Lipinski definition) is 3. The average Bonchev–Trinajstić information content (AvgIpc) is 2.79. The zero-order valence-electron chi connectivity index (χ0n) is 12.8. The standard InChI is InChI=1S/C16H24N4/c1-5-13-10-15(20(4)18-13)11-16(17)12-7-6-8-14(9-12)19(2)3/h6-10,16H,5,11,17H2,1-4H3. The number of benzene rings is 1. The fourth-order valence-corrected chi connectivity index (χ4v) is 2.31. The predicted octanol–water partition coefficient (Wildman–Crippen LogP) is 2.29. The van der Waals surface area contributed by atoms with Crippen LogP contribution >= 0.6 is 0 Å². The van der Waals surface area contributed by atoms with Crippen molar-refractivity contribution in [2.45, 2.75) is 25.8 Å². The van der Waals surface area contributed by atoms with Gasteiger partial charge in [0.15, 0.2) is 0 Å². The minimum atomic E-state index is -0.00462. The van der Waals surface area contributed by atoms with Crippen LogP contribution in [0.1, 0.15) is 29.9 Å². The molecule has 108 valence electrons. The van der Waals surface area contributed by atoms with Crippen LogP contribution in [0.15, 0.2) is 30.3 Å². The summed E-state index contributed by atoms with van der Waals surface area (Å²) in [5, 5.41) is 4.47. The maximum absolute atomic E-state index is 6.36. The number of nitrogens with zero attached hydrogens (tertiary/aromatic N) is 3. The predicted molar refractivity (Wildman–Crippen MR) is 84.0 cm³/mol. The Labute approximate surface area is 121 Å². The highest BCUT2D eigenvalue weighted by Gasteiger charge is 2.12. The van der Waals surface area contributed by atoms with E-state index in [0.717, 1.165) is 24.1 Å². The second kappa shape index (κ2) is 6.09. The fraction of sp³-hybridized carbons (Fsp3) is 0.438. The lowest BCUT2D eigenvalue weighted by Gasteiger charge is -2.17. The summed E-state index contributed by atoms with van der Waals surface area (Å²) in [5.41, 5.74) is 11.0. The molecule has 4 heteroatoms. The summed E-state index contributed by atoms with van der Waals surface area (Å²) < 4.78 is 1.94. The first-order chi connectivity index (χ1) is 9.51. The third kappa shape index (κ3) is 3.20. The number of rotatable bonds is 5. The third-order valence-electron chi connectivity index (χ3n) is 3.63. The molecular weight excluding hydrogens is 248 g/mol.